The summed E-state index contributed by atoms with van der Waals surface area (Å²) in [5, 5.41) is 3.38. The number of aryl methyl sites for hydroxylation is 1. The number of hydrogen-bond acceptors (Lipinski definition) is 5. The molecule has 1 N–H and O–H groups in total. The third-order valence-corrected chi connectivity index (χ3v) is 4.25. The van der Waals surface area contributed by atoms with Gasteiger partial charge in [-0.1, -0.05) is 6.07 Å². The first-order valence-corrected chi connectivity index (χ1v) is 8.38. The highest BCUT2D eigenvalue weighted by molar-refractivity contribution is 5.53. The first kappa shape index (κ1) is 17.9. The molecule has 0 aliphatic carbocycles. The molecule has 0 radical (unpaired) electrons. The molecule has 0 aliphatic heterocycles. The fraction of sp³-hybridized carbons (Fsp3) is 0.250. The molecular weight excluding hydrogens is 331 g/mol. The van der Waals surface area contributed by atoms with Crippen LogP contribution in [0.5, 0.6) is 5.75 Å². The zero-order chi connectivity index (χ0) is 18.5. The fourth-order valence-corrected chi connectivity index (χ4v) is 2.74. The molecule has 134 valence electrons. The van der Waals surface area contributed by atoms with Gasteiger partial charge in [-0.25, -0.2) is 14.4 Å². The van der Waals surface area contributed by atoms with Crippen molar-refractivity contribution in [3.8, 4) is 17.1 Å². The van der Waals surface area contributed by atoms with E-state index in [9.17, 15) is 4.39 Å². The number of halogens is 1. The Labute approximate surface area is 152 Å². The van der Waals surface area contributed by atoms with Crippen molar-refractivity contribution in [3.63, 3.8) is 0 Å². The van der Waals surface area contributed by atoms with Gasteiger partial charge in [0.15, 0.2) is 17.4 Å². The second kappa shape index (κ2) is 8.01. The van der Waals surface area contributed by atoms with E-state index in [1.165, 1.54) is 13.2 Å². The fourth-order valence-electron chi connectivity index (χ4n) is 2.74. The molecule has 3 rings (SSSR count). The lowest BCUT2D eigenvalue weighted by Crippen LogP contribution is -2.20. The molecule has 0 aliphatic rings. The van der Waals surface area contributed by atoms with Crippen molar-refractivity contribution in [1.82, 2.24) is 20.3 Å². The maximum atomic E-state index is 13.8. The first-order chi connectivity index (χ1) is 12.6. The number of hydrogen-bond donors (Lipinski definition) is 1. The predicted octanol–water partition coefficient (Wildman–Crippen LogP) is 3.85. The van der Waals surface area contributed by atoms with Crippen LogP contribution >= 0.6 is 0 Å². The van der Waals surface area contributed by atoms with Crippen LogP contribution in [-0.4, -0.2) is 22.1 Å². The van der Waals surface area contributed by atoms with Gasteiger partial charge in [0, 0.05) is 48.0 Å². The molecule has 0 saturated carbocycles. The normalized spacial score (nSPS) is 12.0. The molecule has 5 nitrogen and oxygen atoms in total. The van der Waals surface area contributed by atoms with Crippen LogP contribution in [0.1, 0.15) is 29.8 Å². The molecule has 0 unspecified atom stereocenters. The second-order valence-corrected chi connectivity index (χ2v) is 6.04. The van der Waals surface area contributed by atoms with Crippen molar-refractivity contribution < 1.29 is 9.13 Å². The number of aromatic nitrogens is 3. The highest BCUT2D eigenvalue weighted by Gasteiger charge is 2.12. The van der Waals surface area contributed by atoms with Gasteiger partial charge in [0.2, 0.25) is 0 Å². The molecule has 1 atom stereocenters. The Morgan fingerprint density at radius 3 is 2.62 bits per heavy atom. The Morgan fingerprint density at radius 2 is 1.96 bits per heavy atom. The summed E-state index contributed by atoms with van der Waals surface area (Å²) in [6, 6.07) is 8.76. The van der Waals surface area contributed by atoms with Gasteiger partial charge >= 0.3 is 0 Å². The smallest absolute Gasteiger partial charge is 0.165 e. The van der Waals surface area contributed by atoms with Crippen LogP contribution in [0, 0.1) is 12.7 Å². The van der Waals surface area contributed by atoms with Gasteiger partial charge in [-0.15, -0.1) is 0 Å². The van der Waals surface area contributed by atoms with E-state index in [4.69, 9.17) is 4.74 Å². The van der Waals surface area contributed by atoms with Gasteiger partial charge in [-0.3, -0.25) is 4.98 Å². The van der Waals surface area contributed by atoms with E-state index >= 15 is 0 Å². The van der Waals surface area contributed by atoms with Gasteiger partial charge in [-0.05, 0) is 43.7 Å². The van der Waals surface area contributed by atoms with Crippen molar-refractivity contribution in [2.75, 3.05) is 7.11 Å². The number of nitrogens with zero attached hydrogens (tertiary/aromatic N) is 3. The largest absolute Gasteiger partial charge is 0.494 e. The molecule has 3 aromatic rings. The summed E-state index contributed by atoms with van der Waals surface area (Å²) >= 11 is 0. The minimum Gasteiger partial charge on any atom is -0.494 e. The Bertz CT molecular complexity index is 886. The van der Waals surface area contributed by atoms with E-state index < -0.39 is 0 Å². The Balaban J connectivity index is 1.70. The SMILES string of the molecule is COc1ccc(CN[C@@H](C)c2cnc(-c3ccncc3)nc2C)cc1F. The molecule has 6 heteroatoms. The van der Waals surface area contributed by atoms with E-state index in [0.29, 0.717) is 12.4 Å². The third-order valence-electron chi connectivity index (χ3n) is 4.25. The molecular formula is C20H21FN4O. The van der Waals surface area contributed by atoms with Crippen molar-refractivity contribution in [3.05, 3.63) is 71.6 Å². The van der Waals surface area contributed by atoms with Crippen LogP contribution in [0.15, 0.2) is 48.9 Å². The Morgan fingerprint density at radius 1 is 1.19 bits per heavy atom. The van der Waals surface area contributed by atoms with Gasteiger partial charge in [0.25, 0.3) is 0 Å². The summed E-state index contributed by atoms with van der Waals surface area (Å²) in [5.41, 5.74) is 3.70. The number of nitrogens with one attached hydrogen (secondary N) is 1. The van der Waals surface area contributed by atoms with Crippen molar-refractivity contribution in [1.29, 1.82) is 0 Å². The average Bonchev–Trinajstić information content (AvgIpc) is 2.67. The lowest BCUT2D eigenvalue weighted by atomic mass is 10.1. The molecule has 1 aromatic carbocycles. The maximum absolute atomic E-state index is 13.8. The first-order valence-electron chi connectivity index (χ1n) is 8.38. The third kappa shape index (κ3) is 4.03. The van der Waals surface area contributed by atoms with Gasteiger partial charge in [0.05, 0.1) is 7.11 Å². The summed E-state index contributed by atoms with van der Waals surface area (Å²) in [7, 11) is 1.46. The lowest BCUT2D eigenvalue weighted by Gasteiger charge is -2.16. The number of ether oxygens (including phenoxy) is 1. The molecule has 0 fully saturated rings. The molecule has 0 spiro atoms. The molecule has 26 heavy (non-hydrogen) atoms. The summed E-state index contributed by atoms with van der Waals surface area (Å²) in [6.45, 7) is 4.54. The van der Waals surface area contributed by atoms with Crippen molar-refractivity contribution in [2.45, 2.75) is 26.4 Å². The highest BCUT2D eigenvalue weighted by Crippen LogP contribution is 2.21. The van der Waals surface area contributed by atoms with Crippen LogP contribution in [-0.2, 0) is 6.54 Å². The van der Waals surface area contributed by atoms with Crippen LogP contribution in [0.4, 0.5) is 4.39 Å². The predicted molar refractivity (Wildman–Crippen MR) is 98.2 cm³/mol. The van der Waals surface area contributed by atoms with E-state index in [-0.39, 0.29) is 17.6 Å². The molecule has 2 heterocycles. The zero-order valence-corrected chi connectivity index (χ0v) is 15.0. The zero-order valence-electron chi connectivity index (χ0n) is 15.0. The Hall–Kier alpha value is -2.86. The van der Waals surface area contributed by atoms with Gasteiger partial charge in [-0.2, -0.15) is 0 Å². The summed E-state index contributed by atoms with van der Waals surface area (Å²) in [5.74, 6) is 0.566. The van der Waals surface area contributed by atoms with Crippen molar-refractivity contribution >= 4 is 0 Å². The Kier molecular flexibility index (Phi) is 5.53. The monoisotopic (exact) mass is 352 g/mol. The van der Waals surface area contributed by atoms with Gasteiger partial charge in [0.1, 0.15) is 0 Å². The molecule has 0 saturated heterocycles. The van der Waals surface area contributed by atoms with Crippen LogP contribution in [0.3, 0.4) is 0 Å². The summed E-state index contributed by atoms with van der Waals surface area (Å²) < 4.78 is 18.7. The number of rotatable bonds is 6. The summed E-state index contributed by atoms with van der Waals surface area (Å²) in [4.78, 5) is 13.1. The second-order valence-electron chi connectivity index (χ2n) is 6.04. The van der Waals surface area contributed by atoms with Crippen LogP contribution in [0.2, 0.25) is 0 Å². The number of benzene rings is 1. The number of pyridine rings is 1. The van der Waals surface area contributed by atoms with E-state index in [1.54, 1.807) is 18.5 Å². The maximum Gasteiger partial charge on any atom is 0.165 e. The minimum atomic E-state index is -0.360. The standard InChI is InChI=1S/C20H21FN4O/c1-13(23-11-15-4-5-19(26-3)18(21)10-15)17-12-24-20(25-14(17)2)16-6-8-22-9-7-16/h4-10,12-13,23H,11H2,1-3H3/t13-/m0/s1. The van der Waals surface area contributed by atoms with E-state index in [2.05, 4.69) is 20.3 Å². The summed E-state index contributed by atoms with van der Waals surface area (Å²) in [6.07, 6.45) is 5.28. The lowest BCUT2D eigenvalue weighted by molar-refractivity contribution is 0.386. The number of methoxy groups -OCH3 is 1. The quantitative estimate of drug-likeness (QED) is 0.730. The van der Waals surface area contributed by atoms with Crippen LogP contribution in [0.25, 0.3) is 11.4 Å². The minimum absolute atomic E-state index is 0.0339. The van der Waals surface area contributed by atoms with Crippen LogP contribution < -0.4 is 10.1 Å². The molecule has 0 bridgehead atoms. The highest BCUT2D eigenvalue weighted by atomic mass is 19.1. The topological polar surface area (TPSA) is 59.9 Å². The molecule has 2 aromatic heterocycles. The average molecular weight is 352 g/mol. The van der Waals surface area contributed by atoms with E-state index in [1.807, 2.05) is 38.2 Å². The van der Waals surface area contributed by atoms with E-state index in [0.717, 1.165) is 22.4 Å². The van der Waals surface area contributed by atoms with Crippen molar-refractivity contribution in [2.24, 2.45) is 0 Å². The van der Waals surface area contributed by atoms with Gasteiger partial charge < -0.3 is 10.1 Å². The molecule has 0 amide bonds.